The highest BCUT2D eigenvalue weighted by atomic mass is 16.5. The van der Waals surface area contributed by atoms with E-state index in [-0.39, 0.29) is 18.1 Å². The molecule has 2 unspecified atom stereocenters. The number of aryl methyl sites for hydroxylation is 1. The number of carbonyl (C=O) groups excluding carboxylic acids is 1. The molecule has 4 N–H and O–H groups in total. The molecule has 0 radical (unpaired) electrons. The highest BCUT2D eigenvalue weighted by Crippen LogP contribution is 2.22. The maximum absolute atomic E-state index is 12.2. The molecular formula is C13H20N4O2. The van der Waals surface area contributed by atoms with Crippen LogP contribution in [0.4, 0.5) is 5.82 Å². The fraction of sp³-hybridized carbons (Fsp3) is 0.538. The topological polar surface area (TPSA) is 89.3 Å². The van der Waals surface area contributed by atoms with Crippen LogP contribution in [0.1, 0.15) is 35.3 Å². The monoisotopic (exact) mass is 264 g/mol. The number of hydrogen-bond donors (Lipinski definition) is 3. The smallest absolute Gasteiger partial charge is 0.251 e. The number of pyridine rings is 1. The Balaban J connectivity index is 2.09. The Morgan fingerprint density at radius 1 is 1.47 bits per heavy atom. The van der Waals surface area contributed by atoms with Gasteiger partial charge in [0.2, 0.25) is 0 Å². The van der Waals surface area contributed by atoms with Crippen molar-refractivity contribution < 1.29 is 9.53 Å². The average Bonchev–Trinajstić information content (AvgIpc) is 2.85. The summed E-state index contributed by atoms with van der Waals surface area (Å²) in [6.07, 6.45) is 3.14. The quantitative estimate of drug-likeness (QED) is 0.557. The van der Waals surface area contributed by atoms with Crippen LogP contribution in [0.2, 0.25) is 0 Å². The summed E-state index contributed by atoms with van der Waals surface area (Å²) in [7, 11) is 1.68. The Morgan fingerprint density at radius 3 is 2.95 bits per heavy atom. The van der Waals surface area contributed by atoms with E-state index >= 15 is 0 Å². The van der Waals surface area contributed by atoms with E-state index in [1.807, 2.05) is 6.92 Å². The van der Waals surface area contributed by atoms with Gasteiger partial charge in [0.25, 0.3) is 5.91 Å². The molecule has 0 aromatic carbocycles. The molecule has 6 nitrogen and oxygen atoms in total. The predicted molar refractivity (Wildman–Crippen MR) is 72.7 cm³/mol. The number of ether oxygens (including phenoxy) is 1. The molecule has 1 aromatic heterocycles. The Kier molecular flexibility index (Phi) is 4.34. The number of nitrogens with zero attached hydrogens (tertiary/aromatic N) is 1. The second kappa shape index (κ2) is 5.99. The number of carbonyl (C=O) groups is 1. The largest absolute Gasteiger partial charge is 0.379 e. The number of rotatable bonds is 4. The van der Waals surface area contributed by atoms with Gasteiger partial charge in [-0.1, -0.05) is 0 Å². The number of methoxy groups -OCH3 is 1. The van der Waals surface area contributed by atoms with Crippen molar-refractivity contribution >= 4 is 11.7 Å². The summed E-state index contributed by atoms with van der Waals surface area (Å²) in [6.45, 7) is 1.82. The van der Waals surface area contributed by atoms with Crippen LogP contribution in [0.25, 0.3) is 0 Å². The Morgan fingerprint density at radius 2 is 2.26 bits per heavy atom. The van der Waals surface area contributed by atoms with Crippen molar-refractivity contribution in [2.45, 2.75) is 38.3 Å². The molecule has 0 bridgehead atoms. The molecule has 6 heteroatoms. The number of nitrogens with two attached hydrogens (primary N) is 1. The van der Waals surface area contributed by atoms with Gasteiger partial charge in [0.1, 0.15) is 5.82 Å². The van der Waals surface area contributed by atoms with Gasteiger partial charge in [-0.25, -0.2) is 10.8 Å². The third-order valence-corrected chi connectivity index (χ3v) is 3.44. The molecule has 1 aliphatic rings. The van der Waals surface area contributed by atoms with Crippen molar-refractivity contribution in [2.75, 3.05) is 12.5 Å². The van der Waals surface area contributed by atoms with Gasteiger partial charge >= 0.3 is 0 Å². The zero-order valence-electron chi connectivity index (χ0n) is 11.3. The standard InChI is InChI=1S/C13H20N4O2/c1-8-6-9(7-12(15-8)17-14)13(18)16-10-4-3-5-11(10)19-2/h6-7,10-11H,3-5,14H2,1-2H3,(H,15,17)(H,16,18). The SMILES string of the molecule is COC1CCCC1NC(=O)c1cc(C)nc(NN)c1. The van der Waals surface area contributed by atoms with Gasteiger partial charge in [-0.15, -0.1) is 0 Å². The van der Waals surface area contributed by atoms with Gasteiger partial charge in [-0.2, -0.15) is 0 Å². The van der Waals surface area contributed by atoms with Crippen LogP contribution in [-0.4, -0.2) is 30.1 Å². The molecule has 0 saturated heterocycles. The second-order valence-corrected chi connectivity index (χ2v) is 4.81. The lowest BCUT2D eigenvalue weighted by Crippen LogP contribution is -2.40. The van der Waals surface area contributed by atoms with Gasteiger partial charge in [0.15, 0.2) is 0 Å². The lowest BCUT2D eigenvalue weighted by Gasteiger charge is -2.19. The summed E-state index contributed by atoms with van der Waals surface area (Å²) in [5, 5.41) is 3.01. The number of nitrogen functional groups attached to an aromatic ring is 1. The van der Waals surface area contributed by atoms with E-state index in [0.717, 1.165) is 25.0 Å². The number of hydrazine groups is 1. The normalized spacial score (nSPS) is 22.3. The number of nitrogens with one attached hydrogen (secondary N) is 2. The highest BCUT2D eigenvalue weighted by Gasteiger charge is 2.28. The van der Waals surface area contributed by atoms with E-state index in [4.69, 9.17) is 10.6 Å². The number of anilines is 1. The Bertz CT molecular complexity index is 464. The minimum absolute atomic E-state index is 0.0836. The van der Waals surface area contributed by atoms with Crippen LogP contribution in [0, 0.1) is 6.92 Å². The summed E-state index contributed by atoms with van der Waals surface area (Å²) in [4.78, 5) is 16.4. The van der Waals surface area contributed by atoms with Gasteiger partial charge in [0, 0.05) is 18.4 Å². The predicted octanol–water partition coefficient (Wildman–Crippen LogP) is 0.973. The molecule has 1 aliphatic carbocycles. The molecule has 1 aromatic rings. The molecule has 1 heterocycles. The van der Waals surface area contributed by atoms with E-state index in [0.29, 0.717) is 11.4 Å². The van der Waals surface area contributed by atoms with Crippen molar-refractivity contribution in [3.05, 3.63) is 23.4 Å². The minimum atomic E-state index is -0.115. The molecule has 1 saturated carbocycles. The summed E-state index contributed by atoms with van der Waals surface area (Å²) in [5.41, 5.74) is 3.76. The minimum Gasteiger partial charge on any atom is -0.379 e. The highest BCUT2D eigenvalue weighted by molar-refractivity contribution is 5.95. The first-order chi connectivity index (χ1) is 9.13. The Labute approximate surface area is 112 Å². The molecule has 2 rings (SSSR count). The van der Waals surface area contributed by atoms with Gasteiger partial charge in [0.05, 0.1) is 12.1 Å². The molecule has 104 valence electrons. The van der Waals surface area contributed by atoms with Crippen LogP contribution >= 0.6 is 0 Å². The van der Waals surface area contributed by atoms with Crippen LogP contribution in [-0.2, 0) is 4.74 Å². The second-order valence-electron chi connectivity index (χ2n) is 4.81. The number of aromatic nitrogens is 1. The van der Waals surface area contributed by atoms with E-state index in [1.165, 1.54) is 0 Å². The lowest BCUT2D eigenvalue weighted by molar-refractivity contribution is 0.0722. The molecule has 0 spiro atoms. The van der Waals surface area contributed by atoms with Crippen molar-refractivity contribution in [3.63, 3.8) is 0 Å². The number of amides is 1. The number of hydrogen-bond acceptors (Lipinski definition) is 5. The fourth-order valence-electron chi connectivity index (χ4n) is 2.50. The van der Waals surface area contributed by atoms with Crippen LogP contribution in [0.15, 0.2) is 12.1 Å². The third kappa shape index (κ3) is 3.21. The van der Waals surface area contributed by atoms with E-state index in [9.17, 15) is 4.79 Å². The van der Waals surface area contributed by atoms with E-state index < -0.39 is 0 Å². The van der Waals surface area contributed by atoms with Crippen LogP contribution < -0.4 is 16.6 Å². The van der Waals surface area contributed by atoms with Crippen molar-refractivity contribution in [3.8, 4) is 0 Å². The summed E-state index contributed by atoms with van der Waals surface area (Å²) >= 11 is 0. The molecular weight excluding hydrogens is 244 g/mol. The summed E-state index contributed by atoms with van der Waals surface area (Å²) < 4.78 is 5.37. The molecule has 0 aliphatic heterocycles. The molecule has 1 fully saturated rings. The molecule has 1 amide bonds. The first kappa shape index (κ1) is 13.8. The van der Waals surface area contributed by atoms with Crippen molar-refractivity contribution in [2.24, 2.45) is 5.84 Å². The van der Waals surface area contributed by atoms with Crippen molar-refractivity contribution in [1.82, 2.24) is 10.3 Å². The zero-order chi connectivity index (χ0) is 13.8. The maximum atomic E-state index is 12.2. The first-order valence-corrected chi connectivity index (χ1v) is 6.43. The van der Waals surface area contributed by atoms with Gasteiger partial charge in [-0.3, -0.25) is 4.79 Å². The van der Waals surface area contributed by atoms with Crippen LogP contribution in [0.3, 0.4) is 0 Å². The van der Waals surface area contributed by atoms with Gasteiger partial charge < -0.3 is 15.5 Å². The Hall–Kier alpha value is -1.66. The maximum Gasteiger partial charge on any atom is 0.251 e. The van der Waals surface area contributed by atoms with E-state index in [2.05, 4.69) is 15.7 Å². The van der Waals surface area contributed by atoms with E-state index in [1.54, 1.807) is 19.2 Å². The lowest BCUT2D eigenvalue weighted by atomic mass is 10.1. The fourth-order valence-corrected chi connectivity index (χ4v) is 2.50. The molecule has 2 atom stereocenters. The first-order valence-electron chi connectivity index (χ1n) is 6.43. The molecule has 19 heavy (non-hydrogen) atoms. The summed E-state index contributed by atoms with van der Waals surface area (Å²) in [5.74, 6) is 5.70. The third-order valence-electron chi connectivity index (χ3n) is 3.44. The average molecular weight is 264 g/mol. The zero-order valence-corrected chi connectivity index (χ0v) is 11.3. The van der Waals surface area contributed by atoms with Crippen molar-refractivity contribution in [1.29, 1.82) is 0 Å². The van der Waals surface area contributed by atoms with Crippen LogP contribution in [0.5, 0.6) is 0 Å². The van der Waals surface area contributed by atoms with Gasteiger partial charge in [-0.05, 0) is 38.3 Å². The summed E-state index contributed by atoms with van der Waals surface area (Å²) in [6, 6.07) is 3.46.